The smallest absolute Gasteiger partial charge is 0.258 e. The second-order valence-corrected chi connectivity index (χ2v) is 7.34. The van der Waals surface area contributed by atoms with E-state index in [1.807, 2.05) is 41.3 Å². The van der Waals surface area contributed by atoms with Gasteiger partial charge in [-0.2, -0.15) is 0 Å². The molecule has 0 N–H and O–H groups in total. The molecule has 4 rings (SSSR count). The van der Waals surface area contributed by atoms with E-state index in [4.69, 9.17) is 4.74 Å². The minimum absolute atomic E-state index is 0.0660. The van der Waals surface area contributed by atoms with Crippen LogP contribution in [0.3, 0.4) is 0 Å². The quantitative estimate of drug-likeness (QED) is 0.492. The first kappa shape index (κ1) is 16.8. The van der Waals surface area contributed by atoms with Crippen LogP contribution in [0.4, 0.5) is 0 Å². The molecule has 3 heterocycles. The van der Waals surface area contributed by atoms with Crippen LogP contribution >= 0.6 is 23.1 Å². The third-order valence-corrected chi connectivity index (χ3v) is 5.70. The number of aromatic nitrogens is 5. The van der Waals surface area contributed by atoms with Crippen molar-refractivity contribution in [3.05, 3.63) is 58.0 Å². The Kier molecular flexibility index (Phi) is 4.48. The van der Waals surface area contributed by atoms with E-state index in [0.717, 1.165) is 28.0 Å². The minimum atomic E-state index is -0.0660. The lowest BCUT2D eigenvalue weighted by atomic mass is 10.2. The molecule has 0 aliphatic carbocycles. The lowest BCUT2D eigenvalue weighted by molar-refractivity contribution is 0.415. The number of thioether (sulfide) groups is 1. The monoisotopic (exact) mass is 385 g/mol. The average molecular weight is 385 g/mol. The number of fused-ring (bicyclic) bond motifs is 1. The van der Waals surface area contributed by atoms with Crippen LogP contribution in [-0.2, 0) is 12.8 Å². The Balaban J connectivity index is 1.55. The summed E-state index contributed by atoms with van der Waals surface area (Å²) >= 11 is 2.95. The van der Waals surface area contributed by atoms with Gasteiger partial charge in [0.2, 0.25) is 0 Å². The van der Waals surface area contributed by atoms with Crippen LogP contribution in [0, 0.1) is 0 Å². The van der Waals surface area contributed by atoms with Crippen LogP contribution in [-0.4, -0.2) is 31.3 Å². The van der Waals surface area contributed by atoms with Crippen LogP contribution in [0.1, 0.15) is 5.69 Å². The molecule has 0 bridgehead atoms. The lowest BCUT2D eigenvalue weighted by Gasteiger charge is -2.05. The van der Waals surface area contributed by atoms with Gasteiger partial charge in [-0.25, -0.2) is 4.98 Å². The number of hydrogen-bond donors (Lipinski definition) is 0. The molecule has 132 valence electrons. The van der Waals surface area contributed by atoms with Gasteiger partial charge in [0.05, 0.1) is 12.8 Å². The maximum atomic E-state index is 12.1. The molecule has 26 heavy (non-hydrogen) atoms. The molecular weight excluding hydrogens is 370 g/mol. The topological polar surface area (TPSA) is 74.3 Å². The summed E-state index contributed by atoms with van der Waals surface area (Å²) in [5, 5.41) is 11.2. The van der Waals surface area contributed by atoms with Crippen LogP contribution in [0.2, 0.25) is 0 Å². The number of hydrogen-bond acceptors (Lipinski definition) is 7. The first-order valence-corrected chi connectivity index (χ1v) is 9.64. The molecule has 0 fully saturated rings. The zero-order valence-corrected chi connectivity index (χ0v) is 15.8. The van der Waals surface area contributed by atoms with Crippen molar-refractivity contribution in [2.75, 3.05) is 7.11 Å². The summed E-state index contributed by atoms with van der Waals surface area (Å²) in [6.45, 7) is 0. The summed E-state index contributed by atoms with van der Waals surface area (Å²) in [4.78, 5) is 17.3. The maximum Gasteiger partial charge on any atom is 0.258 e. The highest BCUT2D eigenvalue weighted by Gasteiger charge is 2.12. The summed E-state index contributed by atoms with van der Waals surface area (Å²) in [7, 11) is 3.56. The molecule has 0 spiro atoms. The Bertz CT molecular complexity index is 1110. The Morgan fingerprint density at radius 1 is 1.23 bits per heavy atom. The second kappa shape index (κ2) is 6.93. The maximum absolute atomic E-state index is 12.1. The van der Waals surface area contributed by atoms with E-state index < -0.39 is 0 Å². The van der Waals surface area contributed by atoms with E-state index in [1.165, 1.54) is 23.1 Å². The fourth-order valence-corrected chi connectivity index (χ4v) is 4.07. The van der Waals surface area contributed by atoms with Gasteiger partial charge in [-0.3, -0.25) is 9.20 Å². The van der Waals surface area contributed by atoms with Gasteiger partial charge in [-0.05, 0) is 24.3 Å². The van der Waals surface area contributed by atoms with Crippen molar-refractivity contribution in [3.63, 3.8) is 0 Å². The van der Waals surface area contributed by atoms with Crippen molar-refractivity contribution in [3.8, 4) is 17.1 Å². The lowest BCUT2D eigenvalue weighted by Crippen LogP contribution is -2.12. The number of benzene rings is 1. The number of rotatable bonds is 5. The van der Waals surface area contributed by atoms with Gasteiger partial charge >= 0.3 is 0 Å². The highest BCUT2D eigenvalue weighted by molar-refractivity contribution is 7.98. The Morgan fingerprint density at radius 3 is 2.81 bits per heavy atom. The van der Waals surface area contributed by atoms with Crippen LogP contribution in [0.15, 0.2) is 51.9 Å². The van der Waals surface area contributed by atoms with Crippen molar-refractivity contribution in [1.29, 1.82) is 0 Å². The second-order valence-electron chi connectivity index (χ2n) is 5.52. The summed E-state index contributed by atoms with van der Waals surface area (Å²) in [5.41, 5.74) is 1.63. The van der Waals surface area contributed by atoms with E-state index in [9.17, 15) is 4.79 Å². The minimum Gasteiger partial charge on any atom is -0.497 e. The van der Waals surface area contributed by atoms with Gasteiger partial charge in [-0.1, -0.05) is 11.8 Å². The van der Waals surface area contributed by atoms with Crippen LogP contribution < -0.4 is 10.3 Å². The molecule has 1 aromatic carbocycles. The van der Waals surface area contributed by atoms with E-state index in [-0.39, 0.29) is 5.56 Å². The predicted octanol–water partition coefficient (Wildman–Crippen LogP) is 2.85. The molecule has 0 saturated heterocycles. The molecule has 0 saturated carbocycles. The molecule has 0 aliphatic rings. The molecular formula is C17H15N5O2S2. The molecule has 0 radical (unpaired) electrons. The largest absolute Gasteiger partial charge is 0.497 e. The van der Waals surface area contributed by atoms with Crippen molar-refractivity contribution in [2.24, 2.45) is 7.05 Å². The fraction of sp³-hybridized carbons (Fsp3) is 0.176. The number of thiazole rings is 1. The van der Waals surface area contributed by atoms with Gasteiger partial charge in [0.15, 0.2) is 15.9 Å². The summed E-state index contributed by atoms with van der Waals surface area (Å²) < 4.78 is 8.66. The average Bonchev–Trinajstić information content (AvgIpc) is 3.27. The van der Waals surface area contributed by atoms with Crippen molar-refractivity contribution in [2.45, 2.75) is 10.9 Å². The molecule has 0 amide bonds. The third kappa shape index (κ3) is 3.11. The van der Waals surface area contributed by atoms with Crippen LogP contribution in [0.25, 0.3) is 16.3 Å². The summed E-state index contributed by atoms with van der Waals surface area (Å²) in [5.74, 6) is 2.13. The SMILES string of the molecule is COc1ccc(-c2nnc(SCc3cc(=O)n4ccsc4n3)n2C)cc1. The fourth-order valence-electron chi connectivity index (χ4n) is 2.53. The zero-order valence-electron chi connectivity index (χ0n) is 14.1. The first-order valence-electron chi connectivity index (χ1n) is 7.78. The summed E-state index contributed by atoms with van der Waals surface area (Å²) in [6, 6.07) is 9.25. The highest BCUT2D eigenvalue weighted by atomic mass is 32.2. The zero-order chi connectivity index (χ0) is 18.1. The normalized spacial score (nSPS) is 11.2. The molecule has 0 unspecified atom stereocenters. The Hall–Kier alpha value is -2.65. The van der Waals surface area contributed by atoms with E-state index in [2.05, 4.69) is 15.2 Å². The number of nitrogens with zero attached hydrogens (tertiary/aromatic N) is 5. The van der Waals surface area contributed by atoms with Crippen molar-refractivity contribution < 1.29 is 4.74 Å². The van der Waals surface area contributed by atoms with E-state index >= 15 is 0 Å². The Morgan fingerprint density at radius 2 is 2.04 bits per heavy atom. The molecule has 3 aromatic heterocycles. The van der Waals surface area contributed by atoms with Crippen molar-refractivity contribution >= 4 is 28.1 Å². The van der Waals surface area contributed by atoms with E-state index in [1.54, 1.807) is 23.8 Å². The van der Waals surface area contributed by atoms with E-state index in [0.29, 0.717) is 10.7 Å². The standard InChI is InChI=1S/C17H15N5O2S2/c1-21-15(11-3-5-13(24-2)6-4-11)19-20-17(21)26-10-12-9-14(23)22-7-8-25-16(22)18-12/h3-9H,10H2,1-2H3. The van der Waals surface area contributed by atoms with Gasteiger partial charge in [0.25, 0.3) is 5.56 Å². The van der Waals surface area contributed by atoms with Crippen molar-refractivity contribution in [1.82, 2.24) is 24.1 Å². The van der Waals surface area contributed by atoms with Crippen LogP contribution in [0.5, 0.6) is 5.75 Å². The van der Waals surface area contributed by atoms with Gasteiger partial charge in [0, 0.05) is 36.0 Å². The third-order valence-electron chi connectivity index (χ3n) is 3.89. The predicted molar refractivity (Wildman–Crippen MR) is 102 cm³/mol. The van der Waals surface area contributed by atoms with Gasteiger partial charge in [-0.15, -0.1) is 21.5 Å². The highest BCUT2D eigenvalue weighted by Crippen LogP contribution is 2.26. The molecule has 4 aromatic rings. The number of ether oxygens (including phenoxy) is 1. The summed E-state index contributed by atoms with van der Waals surface area (Å²) in [6.07, 6.45) is 1.73. The van der Waals surface area contributed by atoms with Gasteiger partial charge < -0.3 is 9.30 Å². The number of methoxy groups -OCH3 is 1. The van der Waals surface area contributed by atoms with Gasteiger partial charge in [0.1, 0.15) is 5.75 Å². The molecule has 9 heteroatoms. The molecule has 7 nitrogen and oxygen atoms in total. The first-order chi connectivity index (χ1) is 12.7. The molecule has 0 atom stereocenters. The Labute approximate surface area is 157 Å². The molecule has 0 aliphatic heterocycles.